The van der Waals surface area contributed by atoms with Gasteiger partial charge in [-0.3, -0.25) is 14.9 Å². The number of thioether (sulfide) groups is 1. The summed E-state index contributed by atoms with van der Waals surface area (Å²) in [5.74, 6) is 0.495. The molecule has 0 bridgehead atoms. The van der Waals surface area contributed by atoms with Crippen molar-refractivity contribution in [2.45, 2.75) is 80.0 Å². The molecule has 8 heteroatoms. The Balaban J connectivity index is 1.40. The normalized spacial score (nSPS) is 15.5. The monoisotopic (exact) mass is 605 g/mol. The van der Waals surface area contributed by atoms with Crippen molar-refractivity contribution < 1.29 is 14.3 Å². The van der Waals surface area contributed by atoms with Crippen LogP contribution in [0.5, 0.6) is 5.75 Å². The average molecular weight is 606 g/mol. The van der Waals surface area contributed by atoms with Gasteiger partial charge in [-0.1, -0.05) is 71.5 Å². The number of ether oxygens (including phenoxy) is 1. The Morgan fingerprint density at radius 2 is 1.62 bits per heavy atom. The number of carbonyl (C=O) groups excluding carboxylic acids is 2. The minimum atomic E-state index is -0.317. The quantitative estimate of drug-likeness (QED) is 0.236. The molecule has 3 aromatic carbocycles. The highest BCUT2D eigenvalue weighted by atomic mass is 32.2. The third-order valence-corrected chi connectivity index (χ3v) is 9.45. The standard InChI is InChI=1S/C34H43N3O3S2/c1-33(2,3)23-16-24(34(4,5)6)18-27(17-23)42-26-13-14-28-29(19-26)37(7)31(36-28)20-40-25-11-9-22(10-12-25)15-30(41-8)32(39)35-21-38/h9-14,16-19,21,30-31,36H,15,20H2,1-8H3,(H,35,38,39). The maximum absolute atomic E-state index is 12.0. The maximum Gasteiger partial charge on any atom is 0.239 e. The van der Waals surface area contributed by atoms with Gasteiger partial charge in [-0.05, 0) is 82.7 Å². The van der Waals surface area contributed by atoms with Gasteiger partial charge in [0.1, 0.15) is 18.5 Å². The van der Waals surface area contributed by atoms with Crippen LogP contribution in [0.1, 0.15) is 58.2 Å². The molecule has 0 aliphatic carbocycles. The number of likely N-dealkylation sites (N-methyl/N-ethyl adjacent to an activating group) is 1. The molecule has 224 valence electrons. The van der Waals surface area contributed by atoms with Crippen LogP contribution >= 0.6 is 23.5 Å². The van der Waals surface area contributed by atoms with E-state index in [4.69, 9.17) is 4.74 Å². The SMILES string of the molecule is CSC(Cc1ccc(OCC2Nc3ccc(Sc4cc(C(C)(C)C)cc(C(C)(C)C)c4)cc3N2C)cc1)C(=O)NC=O. The number of nitrogens with zero attached hydrogens (tertiary/aromatic N) is 1. The first-order chi connectivity index (χ1) is 19.8. The van der Waals surface area contributed by atoms with Gasteiger partial charge in [0.25, 0.3) is 0 Å². The zero-order chi connectivity index (χ0) is 30.7. The van der Waals surface area contributed by atoms with Crippen LogP contribution in [-0.2, 0) is 26.8 Å². The molecular formula is C34H43N3O3S2. The first kappa shape index (κ1) is 31.8. The van der Waals surface area contributed by atoms with Gasteiger partial charge < -0.3 is 15.0 Å². The Kier molecular flexibility index (Phi) is 9.88. The molecule has 1 aliphatic rings. The van der Waals surface area contributed by atoms with E-state index in [9.17, 15) is 9.59 Å². The second kappa shape index (κ2) is 13.0. The molecule has 2 amide bonds. The Morgan fingerprint density at radius 3 is 2.19 bits per heavy atom. The van der Waals surface area contributed by atoms with E-state index in [2.05, 4.69) is 101 Å². The lowest BCUT2D eigenvalue weighted by Gasteiger charge is -2.26. The van der Waals surface area contributed by atoms with Crippen LogP contribution in [0, 0.1) is 0 Å². The van der Waals surface area contributed by atoms with E-state index >= 15 is 0 Å². The van der Waals surface area contributed by atoms with E-state index in [1.54, 1.807) is 0 Å². The molecule has 0 radical (unpaired) electrons. The van der Waals surface area contributed by atoms with Crippen LogP contribution in [0.3, 0.4) is 0 Å². The Bertz CT molecular complexity index is 1380. The number of hydrogen-bond donors (Lipinski definition) is 2. The third-order valence-electron chi connectivity index (χ3n) is 7.54. The van der Waals surface area contributed by atoms with Gasteiger partial charge in [0.05, 0.1) is 16.6 Å². The maximum atomic E-state index is 12.0. The summed E-state index contributed by atoms with van der Waals surface area (Å²) in [5, 5.41) is 5.52. The highest BCUT2D eigenvalue weighted by Crippen LogP contribution is 2.41. The Morgan fingerprint density at radius 1 is 0.976 bits per heavy atom. The van der Waals surface area contributed by atoms with Crippen LogP contribution < -0.4 is 20.3 Å². The molecule has 42 heavy (non-hydrogen) atoms. The number of hydrogen-bond acceptors (Lipinski definition) is 7. The Hall–Kier alpha value is -3.10. The molecular weight excluding hydrogens is 563 g/mol. The highest BCUT2D eigenvalue weighted by Gasteiger charge is 2.27. The lowest BCUT2D eigenvalue weighted by Crippen LogP contribution is -2.37. The summed E-state index contributed by atoms with van der Waals surface area (Å²) in [6.07, 6.45) is 2.85. The summed E-state index contributed by atoms with van der Waals surface area (Å²) in [6.45, 7) is 14.1. The number of fused-ring (bicyclic) bond motifs is 1. The van der Waals surface area contributed by atoms with Gasteiger partial charge in [-0.25, -0.2) is 0 Å². The van der Waals surface area contributed by atoms with Crippen LogP contribution in [0.4, 0.5) is 11.4 Å². The van der Waals surface area contributed by atoms with Gasteiger partial charge in [-0.15, -0.1) is 0 Å². The van der Waals surface area contributed by atoms with Crippen LogP contribution in [-0.4, -0.2) is 43.6 Å². The van der Waals surface area contributed by atoms with E-state index in [1.165, 1.54) is 32.7 Å². The molecule has 2 unspecified atom stereocenters. The van der Waals surface area contributed by atoms with Crippen LogP contribution in [0.2, 0.25) is 0 Å². The summed E-state index contributed by atoms with van der Waals surface area (Å²) in [7, 11) is 2.09. The van der Waals surface area contributed by atoms with Gasteiger partial charge in [0.15, 0.2) is 0 Å². The lowest BCUT2D eigenvalue weighted by molar-refractivity contribution is -0.124. The highest BCUT2D eigenvalue weighted by molar-refractivity contribution is 8.00. The molecule has 0 saturated heterocycles. The third kappa shape index (κ3) is 7.84. The van der Waals surface area contributed by atoms with Gasteiger partial charge in [0, 0.05) is 16.8 Å². The van der Waals surface area contributed by atoms with Crippen molar-refractivity contribution in [2.75, 3.05) is 30.1 Å². The fourth-order valence-electron chi connectivity index (χ4n) is 4.79. The second-order valence-corrected chi connectivity index (χ2v) is 15.0. The molecule has 0 saturated carbocycles. The van der Waals surface area contributed by atoms with Crippen molar-refractivity contribution in [1.29, 1.82) is 0 Å². The zero-order valence-electron chi connectivity index (χ0n) is 25.9. The van der Waals surface area contributed by atoms with E-state index in [1.807, 2.05) is 42.3 Å². The number of carbonyl (C=O) groups is 2. The molecule has 4 rings (SSSR count). The second-order valence-electron chi connectivity index (χ2n) is 12.8. The molecule has 1 aliphatic heterocycles. The van der Waals surface area contributed by atoms with E-state index in [0.717, 1.165) is 22.7 Å². The zero-order valence-corrected chi connectivity index (χ0v) is 27.5. The van der Waals surface area contributed by atoms with E-state index < -0.39 is 0 Å². The summed E-state index contributed by atoms with van der Waals surface area (Å²) in [4.78, 5) is 27.3. The number of imide groups is 1. The minimum Gasteiger partial charge on any atom is -0.489 e. The summed E-state index contributed by atoms with van der Waals surface area (Å²) in [6, 6.07) is 21.4. The minimum absolute atomic E-state index is 0.00421. The number of anilines is 2. The average Bonchev–Trinajstić information content (AvgIpc) is 3.24. The predicted molar refractivity (Wildman–Crippen MR) is 177 cm³/mol. The summed E-state index contributed by atoms with van der Waals surface area (Å²) >= 11 is 3.23. The summed E-state index contributed by atoms with van der Waals surface area (Å²) in [5.41, 5.74) is 6.14. The topological polar surface area (TPSA) is 70.7 Å². The first-order valence-corrected chi connectivity index (χ1v) is 16.3. The molecule has 0 aromatic heterocycles. The first-order valence-electron chi connectivity index (χ1n) is 14.2. The number of benzene rings is 3. The molecule has 0 spiro atoms. The van der Waals surface area contributed by atoms with Gasteiger partial charge in [0.2, 0.25) is 12.3 Å². The van der Waals surface area contributed by atoms with Crippen molar-refractivity contribution in [1.82, 2.24) is 5.32 Å². The van der Waals surface area contributed by atoms with Crippen LogP contribution in [0.25, 0.3) is 0 Å². The number of amides is 2. The largest absolute Gasteiger partial charge is 0.489 e. The molecule has 2 atom stereocenters. The fraction of sp³-hybridized carbons (Fsp3) is 0.412. The molecule has 0 fully saturated rings. The van der Waals surface area contributed by atoms with Gasteiger partial charge >= 0.3 is 0 Å². The van der Waals surface area contributed by atoms with Crippen molar-refractivity contribution in [2.24, 2.45) is 0 Å². The van der Waals surface area contributed by atoms with Crippen LogP contribution in [0.15, 0.2) is 70.5 Å². The molecule has 1 heterocycles. The molecule has 2 N–H and O–H groups in total. The molecule has 3 aromatic rings. The van der Waals surface area contributed by atoms with Crippen molar-refractivity contribution in [3.63, 3.8) is 0 Å². The van der Waals surface area contributed by atoms with Crippen molar-refractivity contribution >= 4 is 47.2 Å². The van der Waals surface area contributed by atoms with E-state index in [0.29, 0.717) is 19.4 Å². The predicted octanol–water partition coefficient (Wildman–Crippen LogP) is 7.25. The van der Waals surface area contributed by atoms with Gasteiger partial charge in [-0.2, -0.15) is 11.8 Å². The smallest absolute Gasteiger partial charge is 0.239 e. The molecule has 6 nitrogen and oxygen atoms in total. The van der Waals surface area contributed by atoms with Crippen molar-refractivity contribution in [3.8, 4) is 5.75 Å². The number of rotatable bonds is 10. The van der Waals surface area contributed by atoms with E-state index in [-0.39, 0.29) is 28.2 Å². The Labute approximate surface area is 259 Å². The summed E-state index contributed by atoms with van der Waals surface area (Å²) < 4.78 is 6.14. The lowest BCUT2D eigenvalue weighted by atomic mass is 9.81. The number of nitrogens with one attached hydrogen (secondary N) is 2. The van der Waals surface area contributed by atoms with Crippen molar-refractivity contribution in [3.05, 3.63) is 77.4 Å². The fourth-order valence-corrected chi connectivity index (χ4v) is 6.38.